The van der Waals surface area contributed by atoms with Crippen molar-refractivity contribution in [2.75, 3.05) is 5.32 Å². The molecule has 0 fully saturated rings. The van der Waals surface area contributed by atoms with Crippen LogP contribution in [0.1, 0.15) is 11.1 Å². The van der Waals surface area contributed by atoms with E-state index in [2.05, 4.69) is 24.2 Å². The van der Waals surface area contributed by atoms with Gasteiger partial charge < -0.3 is 10.1 Å². The highest BCUT2D eigenvalue weighted by Gasteiger charge is 2.31. The highest BCUT2D eigenvalue weighted by Crippen LogP contribution is 2.29. The number of carbonyl (C=O) groups is 1. The van der Waals surface area contributed by atoms with Gasteiger partial charge in [0.15, 0.2) is 0 Å². The van der Waals surface area contributed by atoms with Gasteiger partial charge in [-0.25, -0.2) is 14.2 Å². The molecule has 0 spiro atoms. The van der Waals surface area contributed by atoms with Crippen LogP contribution in [0.25, 0.3) is 27.5 Å². The van der Waals surface area contributed by atoms with Crippen molar-refractivity contribution in [3.63, 3.8) is 0 Å². The fraction of sp³-hybridized carbons (Fsp3) is 0.0741. The third kappa shape index (κ3) is 6.27. The van der Waals surface area contributed by atoms with Crippen molar-refractivity contribution >= 4 is 63.5 Å². The summed E-state index contributed by atoms with van der Waals surface area (Å²) in [5, 5.41) is 5.17. The first-order valence-corrected chi connectivity index (χ1v) is 12.6. The zero-order valence-electron chi connectivity index (χ0n) is 20.2. The number of halogens is 4. The number of nitrogens with zero attached hydrogens (tertiary/aromatic N) is 3. The lowest BCUT2D eigenvalue weighted by Gasteiger charge is -2.10. The number of rotatable bonds is 6. The number of imidazole rings is 1. The van der Waals surface area contributed by atoms with Gasteiger partial charge in [-0.15, -0.1) is 13.2 Å². The molecule has 4 aromatic carbocycles. The highest BCUT2D eigenvalue weighted by atomic mass is 35.5. The van der Waals surface area contributed by atoms with E-state index in [1.165, 1.54) is 24.3 Å². The molecule has 0 aliphatic rings. The topological polar surface area (TPSA) is 80.5 Å². The molecule has 0 saturated carbocycles. The quantitative estimate of drug-likeness (QED) is 0.161. The van der Waals surface area contributed by atoms with Crippen LogP contribution in [0.3, 0.4) is 0 Å². The predicted molar refractivity (Wildman–Crippen MR) is 149 cm³/mol. The molecule has 0 radical (unpaired) electrons. The van der Waals surface area contributed by atoms with Gasteiger partial charge in [0.25, 0.3) is 0 Å². The molecule has 2 amide bonds. The first-order chi connectivity index (χ1) is 18.7. The monoisotopic (exact) mass is 569 g/mol. The van der Waals surface area contributed by atoms with Crippen LogP contribution in [-0.2, 0) is 0 Å². The molecule has 0 bridgehead atoms. The summed E-state index contributed by atoms with van der Waals surface area (Å²) in [6.45, 7) is 1.85. The Morgan fingerprint density at radius 1 is 1.08 bits per heavy atom. The maximum Gasteiger partial charge on any atom is 0.573 e. The smallest absolute Gasteiger partial charge is 0.406 e. The van der Waals surface area contributed by atoms with E-state index in [0.29, 0.717) is 16.4 Å². The van der Waals surface area contributed by atoms with Gasteiger partial charge in [-0.05, 0) is 78.0 Å². The summed E-state index contributed by atoms with van der Waals surface area (Å²) < 4.78 is 49.9. The molecule has 1 heterocycles. The summed E-state index contributed by atoms with van der Waals surface area (Å²) in [5.74, 6) is -0.291. The number of fused-ring (bicyclic) bond motifs is 3. The summed E-state index contributed by atoms with van der Waals surface area (Å²) in [4.78, 5) is 16.7. The number of urea groups is 1. The lowest BCUT2D eigenvalue weighted by molar-refractivity contribution is -0.274. The Labute approximate surface area is 229 Å². The van der Waals surface area contributed by atoms with Crippen molar-refractivity contribution in [3.8, 4) is 11.4 Å². The Morgan fingerprint density at radius 3 is 2.62 bits per heavy atom. The van der Waals surface area contributed by atoms with Gasteiger partial charge in [0.1, 0.15) is 12.1 Å². The number of hydrogen-bond donors (Lipinski definition) is 2. The lowest BCUT2D eigenvalue weighted by atomic mass is 10.1. The first kappa shape index (κ1) is 26.4. The van der Waals surface area contributed by atoms with Crippen molar-refractivity contribution in [3.05, 3.63) is 95.3 Å². The number of aromatic nitrogens is 2. The second-order valence-electron chi connectivity index (χ2n) is 8.41. The summed E-state index contributed by atoms with van der Waals surface area (Å²) in [6.07, 6.45) is -1.49. The predicted octanol–water partition coefficient (Wildman–Crippen LogP) is 7.84. The third-order valence-corrected chi connectivity index (χ3v) is 6.46. The summed E-state index contributed by atoms with van der Waals surface area (Å²) >= 11 is 6.83. The maximum atomic E-state index is 12.4. The molecule has 0 saturated heterocycles. The molecule has 0 aliphatic carbocycles. The van der Waals surface area contributed by atoms with E-state index < -0.39 is 12.4 Å². The maximum absolute atomic E-state index is 12.4. The summed E-state index contributed by atoms with van der Waals surface area (Å²) in [7, 11) is 0. The highest BCUT2D eigenvalue weighted by molar-refractivity contribution is 7.96. The Morgan fingerprint density at radius 2 is 1.87 bits per heavy atom. The zero-order chi connectivity index (χ0) is 27.6. The van der Waals surface area contributed by atoms with Crippen molar-refractivity contribution in [1.29, 1.82) is 0 Å². The van der Waals surface area contributed by atoms with E-state index in [0.717, 1.165) is 45.1 Å². The van der Waals surface area contributed by atoms with Crippen molar-refractivity contribution in [1.82, 2.24) is 14.3 Å². The molecule has 2 N–H and O–H groups in total. The molecule has 7 nitrogen and oxygen atoms in total. The van der Waals surface area contributed by atoms with Gasteiger partial charge in [0.05, 0.1) is 23.2 Å². The second kappa shape index (κ2) is 10.9. The van der Waals surface area contributed by atoms with Gasteiger partial charge >= 0.3 is 12.4 Å². The number of alkyl halides is 3. The number of hydrogen-bond acceptors (Lipinski definition) is 5. The SMILES string of the molecule is Cc1cc(Cl)ccc1NC(=O)NSN=Cc1ccc2c(ccc3c2ncn3-c2ccc(OC(F)(F)F)cc2)c1. The van der Waals surface area contributed by atoms with Crippen LogP contribution in [0.4, 0.5) is 23.7 Å². The molecular formula is C27H19ClF3N5O2S. The first-order valence-electron chi connectivity index (χ1n) is 11.4. The Bertz CT molecular complexity index is 1700. The van der Waals surface area contributed by atoms with Crippen LogP contribution >= 0.6 is 23.7 Å². The van der Waals surface area contributed by atoms with Gasteiger partial charge in [-0.2, -0.15) is 0 Å². The molecule has 0 unspecified atom stereocenters. The van der Waals surface area contributed by atoms with Gasteiger partial charge in [-0.3, -0.25) is 9.29 Å². The minimum Gasteiger partial charge on any atom is -0.406 e. The molecular weight excluding hydrogens is 551 g/mol. The Kier molecular flexibility index (Phi) is 7.36. The van der Waals surface area contributed by atoms with Crippen LogP contribution in [0.2, 0.25) is 5.02 Å². The van der Waals surface area contributed by atoms with Gasteiger partial charge in [0.2, 0.25) is 0 Å². The number of anilines is 1. The molecule has 198 valence electrons. The molecule has 0 aliphatic heterocycles. The zero-order valence-corrected chi connectivity index (χ0v) is 21.7. The summed E-state index contributed by atoms with van der Waals surface area (Å²) in [6, 6.07) is 19.9. The Balaban J connectivity index is 1.26. The molecule has 5 rings (SSSR count). The summed E-state index contributed by atoms with van der Waals surface area (Å²) in [5.41, 5.74) is 4.51. The molecule has 12 heteroatoms. The minimum atomic E-state index is -4.74. The van der Waals surface area contributed by atoms with E-state index in [1.54, 1.807) is 35.3 Å². The fourth-order valence-electron chi connectivity index (χ4n) is 3.99. The van der Waals surface area contributed by atoms with E-state index >= 15 is 0 Å². The number of aryl methyl sites for hydroxylation is 1. The largest absolute Gasteiger partial charge is 0.573 e. The van der Waals surface area contributed by atoms with Gasteiger partial charge in [0, 0.05) is 28.0 Å². The average Bonchev–Trinajstić information content (AvgIpc) is 3.32. The average molecular weight is 570 g/mol. The minimum absolute atomic E-state index is 0.291. The number of nitrogens with one attached hydrogen (secondary N) is 2. The van der Waals surface area contributed by atoms with Crippen LogP contribution < -0.4 is 14.8 Å². The van der Waals surface area contributed by atoms with Crippen molar-refractivity contribution < 1.29 is 22.7 Å². The second-order valence-corrected chi connectivity index (χ2v) is 9.45. The van der Waals surface area contributed by atoms with Crippen LogP contribution in [0.15, 0.2) is 83.5 Å². The van der Waals surface area contributed by atoms with Crippen molar-refractivity contribution in [2.24, 2.45) is 4.40 Å². The standard InChI is InChI=1S/C27H19ClF3N5O2S/c1-16-12-19(28)4-10-23(16)34-26(37)35-39-33-14-17-2-9-22-18(13-17)3-11-24-25(22)32-15-36(24)20-5-7-21(8-6-20)38-27(29,30)31/h2-15H,1H3,(H2,34,35,37). The lowest BCUT2D eigenvalue weighted by Crippen LogP contribution is -2.22. The molecule has 39 heavy (non-hydrogen) atoms. The number of ether oxygens (including phenoxy) is 1. The van der Waals surface area contributed by atoms with Crippen LogP contribution in [0.5, 0.6) is 5.75 Å². The number of carbonyl (C=O) groups excluding carboxylic acids is 1. The van der Waals surface area contributed by atoms with Crippen molar-refractivity contribution in [2.45, 2.75) is 13.3 Å². The van der Waals surface area contributed by atoms with Crippen LogP contribution in [0, 0.1) is 6.92 Å². The number of amides is 2. The fourth-order valence-corrected chi connectivity index (χ4v) is 4.58. The number of benzene rings is 4. The van der Waals surface area contributed by atoms with Crippen LogP contribution in [-0.4, -0.2) is 28.2 Å². The van der Waals surface area contributed by atoms with E-state index in [4.69, 9.17) is 11.6 Å². The van der Waals surface area contributed by atoms with E-state index in [-0.39, 0.29) is 5.75 Å². The molecule has 5 aromatic rings. The normalized spacial score (nSPS) is 11.8. The molecule has 1 aromatic heterocycles. The van der Waals surface area contributed by atoms with E-state index in [9.17, 15) is 18.0 Å². The van der Waals surface area contributed by atoms with Gasteiger partial charge in [-0.1, -0.05) is 29.8 Å². The molecule has 0 atom stereocenters. The van der Waals surface area contributed by atoms with E-state index in [1.807, 2.05) is 37.3 Å². The third-order valence-electron chi connectivity index (χ3n) is 5.73. The Hall–Kier alpha value is -4.22.